The Hall–Kier alpha value is -1.87. The van der Waals surface area contributed by atoms with Crippen LogP contribution in [0, 0.1) is 0 Å². The number of nitrogens with zero attached hydrogens (tertiary/aromatic N) is 4. The van der Waals surface area contributed by atoms with E-state index >= 15 is 0 Å². The molecule has 2 heterocycles. The van der Waals surface area contributed by atoms with Gasteiger partial charge in [0.1, 0.15) is 4.90 Å². The molecule has 9 heteroatoms. The summed E-state index contributed by atoms with van der Waals surface area (Å²) in [7, 11) is -1.81. The monoisotopic (exact) mass is 312 g/mol. The third kappa shape index (κ3) is 3.82. The normalized spacial score (nSPS) is 12.0. The second-order valence-corrected chi connectivity index (χ2v) is 6.63. The maximum atomic E-state index is 12.3. The van der Waals surface area contributed by atoms with Gasteiger partial charge in [0.25, 0.3) is 10.0 Å². The van der Waals surface area contributed by atoms with E-state index in [0.29, 0.717) is 12.2 Å². The summed E-state index contributed by atoms with van der Waals surface area (Å²) in [6.45, 7) is 5.27. The van der Waals surface area contributed by atoms with Crippen molar-refractivity contribution in [1.29, 1.82) is 0 Å². The van der Waals surface area contributed by atoms with Crippen molar-refractivity contribution in [1.82, 2.24) is 24.9 Å². The Morgan fingerprint density at radius 1 is 1.24 bits per heavy atom. The summed E-state index contributed by atoms with van der Waals surface area (Å²) in [4.78, 5) is 0.135. The fourth-order valence-corrected chi connectivity index (χ4v) is 2.70. The number of rotatable bonds is 7. The highest BCUT2D eigenvalue weighted by Crippen LogP contribution is 2.16. The van der Waals surface area contributed by atoms with Crippen LogP contribution in [0.25, 0.3) is 0 Å². The zero-order valence-corrected chi connectivity index (χ0v) is 13.1. The molecular weight excluding hydrogens is 292 g/mol. The van der Waals surface area contributed by atoms with Crippen LogP contribution in [-0.4, -0.2) is 41.6 Å². The second-order valence-electron chi connectivity index (χ2n) is 4.95. The second kappa shape index (κ2) is 6.27. The van der Waals surface area contributed by atoms with Crippen LogP contribution < -0.4 is 10.0 Å². The lowest BCUT2D eigenvalue weighted by Gasteiger charge is -2.04. The van der Waals surface area contributed by atoms with Crippen molar-refractivity contribution in [2.24, 2.45) is 0 Å². The highest BCUT2D eigenvalue weighted by atomic mass is 32.2. The van der Waals surface area contributed by atoms with Crippen molar-refractivity contribution in [3.63, 3.8) is 0 Å². The molecule has 0 atom stereocenters. The Morgan fingerprint density at radius 3 is 2.62 bits per heavy atom. The van der Waals surface area contributed by atoms with E-state index in [9.17, 15) is 8.42 Å². The standard InChI is InChI=1S/C12H20N6O2S/c1-10(2)18-8-11(6-15-18)16-21(19,20)12-7-14-17(9-12)5-4-13-3/h6-10,13,16H,4-5H2,1-3H3. The van der Waals surface area contributed by atoms with E-state index in [1.807, 2.05) is 20.9 Å². The molecular formula is C12H20N6O2S. The van der Waals surface area contributed by atoms with Crippen LogP contribution in [-0.2, 0) is 16.6 Å². The molecule has 2 N–H and O–H groups in total. The summed E-state index contributed by atoms with van der Waals surface area (Å²) in [5.74, 6) is 0. The van der Waals surface area contributed by atoms with Crippen LogP contribution >= 0.6 is 0 Å². The minimum absolute atomic E-state index is 0.135. The van der Waals surface area contributed by atoms with Gasteiger partial charge in [-0.1, -0.05) is 0 Å². The Labute approximate surface area is 124 Å². The van der Waals surface area contributed by atoms with E-state index < -0.39 is 10.0 Å². The van der Waals surface area contributed by atoms with E-state index in [0.717, 1.165) is 6.54 Å². The number of hydrogen-bond acceptors (Lipinski definition) is 5. The first-order chi connectivity index (χ1) is 9.92. The molecule has 0 spiro atoms. The molecule has 0 saturated heterocycles. The minimum Gasteiger partial charge on any atom is -0.318 e. The zero-order valence-electron chi connectivity index (χ0n) is 12.3. The van der Waals surface area contributed by atoms with Crippen molar-refractivity contribution < 1.29 is 8.42 Å². The van der Waals surface area contributed by atoms with E-state index in [-0.39, 0.29) is 10.9 Å². The first kappa shape index (κ1) is 15.5. The minimum atomic E-state index is -3.64. The van der Waals surface area contributed by atoms with Crippen molar-refractivity contribution >= 4 is 15.7 Å². The van der Waals surface area contributed by atoms with Gasteiger partial charge in [-0.05, 0) is 20.9 Å². The van der Waals surface area contributed by atoms with Gasteiger partial charge in [0, 0.05) is 25.0 Å². The SMILES string of the molecule is CNCCn1cc(S(=O)(=O)Nc2cnn(C(C)C)c2)cn1. The molecule has 0 fully saturated rings. The molecule has 2 rings (SSSR count). The van der Waals surface area contributed by atoms with E-state index in [1.165, 1.54) is 18.6 Å². The third-order valence-electron chi connectivity index (χ3n) is 2.89. The number of hydrogen-bond donors (Lipinski definition) is 2. The number of nitrogens with one attached hydrogen (secondary N) is 2. The number of likely N-dealkylation sites (N-methyl/N-ethyl adjacent to an activating group) is 1. The van der Waals surface area contributed by atoms with Crippen LogP contribution in [0.1, 0.15) is 19.9 Å². The van der Waals surface area contributed by atoms with Crippen molar-refractivity contribution in [2.75, 3.05) is 18.3 Å². The molecule has 0 aliphatic rings. The molecule has 0 aliphatic heterocycles. The van der Waals surface area contributed by atoms with Gasteiger partial charge in [-0.25, -0.2) is 8.42 Å². The molecule has 0 saturated carbocycles. The fourth-order valence-electron chi connectivity index (χ4n) is 1.72. The van der Waals surface area contributed by atoms with Gasteiger partial charge >= 0.3 is 0 Å². The maximum Gasteiger partial charge on any atom is 0.265 e. The summed E-state index contributed by atoms with van der Waals surface area (Å²) < 4.78 is 30.3. The molecule has 21 heavy (non-hydrogen) atoms. The molecule has 2 aromatic rings. The molecule has 8 nitrogen and oxygen atoms in total. The van der Waals surface area contributed by atoms with Crippen molar-refractivity contribution in [3.8, 4) is 0 Å². The van der Waals surface area contributed by atoms with Crippen molar-refractivity contribution in [3.05, 3.63) is 24.8 Å². The van der Waals surface area contributed by atoms with Gasteiger partial charge < -0.3 is 5.32 Å². The highest BCUT2D eigenvalue weighted by Gasteiger charge is 2.17. The van der Waals surface area contributed by atoms with Gasteiger partial charge in [0.2, 0.25) is 0 Å². The lowest BCUT2D eigenvalue weighted by molar-refractivity contribution is 0.532. The van der Waals surface area contributed by atoms with E-state index in [4.69, 9.17) is 0 Å². The van der Waals surface area contributed by atoms with E-state index in [1.54, 1.807) is 15.6 Å². The molecule has 0 aromatic carbocycles. The van der Waals surface area contributed by atoms with E-state index in [2.05, 4.69) is 20.2 Å². The largest absolute Gasteiger partial charge is 0.318 e. The predicted octanol–water partition coefficient (Wildman–Crippen LogP) is 0.681. The average molecular weight is 312 g/mol. The summed E-state index contributed by atoms with van der Waals surface area (Å²) >= 11 is 0. The summed E-state index contributed by atoms with van der Waals surface area (Å²) in [5, 5.41) is 11.1. The topological polar surface area (TPSA) is 93.8 Å². The molecule has 0 bridgehead atoms. The number of aromatic nitrogens is 4. The number of anilines is 1. The molecule has 0 aliphatic carbocycles. The van der Waals surface area contributed by atoms with Gasteiger partial charge in [0.15, 0.2) is 0 Å². The quantitative estimate of drug-likeness (QED) is 0.784. The third-order valence-corrected chi connectivity index (χ3v) is 4.23. The lowest BCUT2D eigenvalue weighted by atomic mass is 10.4. The van der Waals surface area contributed by atoms with Crippen LogP contribution in [0.15, 0.2) is 29.7 Å². The Balaban J connectivity index is 2.11. The maximum absolute atomic E-state index is 12.3. The first-order valence-corrected chi connectivity index (χ1v) is 8.14. The number of sulfonamides is 1. The first-order valence-electron chi connectivity index (χ1n) is 6.66. The Morgan fingerprint density at radius 2 is 2.00 bits per heavy atom. The molecule has 0 unspecified atom stereocenters. The van der Waals surface area contributed by atoms with Gasteiger partial charge in [-0.3, -0.25) is 14.1 Å². The predicted molar refractivity (Wildman–Crippen MR) is 79.6 cm³/mol. The van der Waals surface area contributed by atoms with Crippen LogP contribution in [0.3, 0.4) is 0 Å². The van der Waals surface area contributed by atoms with Gasteiger partial charge in [-0.2, -0.15) is 10.2 Å². The van der Waals surface area contributed by atoms with Crippen LogP contribution in [0.4, 0.5) is 5.69 Å². The van der Waals surface area contributed by atoms with Gasteiger partial charge in [-0.15, -0.1) is 0 Å². The van der Waals surface area contributed by atoms with Crippen LogP contribution in [0.2, 0.25) is 0 Å². The smallest absolute Gasteiger partial charge is 0.265 e. The molecule has 2 aromatic heterocycles. The molecule has 0 amide bonds. The van der Waals surface area contributed by atoms with Gasteiger partial charge in [0.05, 0.1) is 24.6 Å². The highest BCUT2D eigenvalue weighted by molar-refractivity contribution is 7.92. The zero-order chi connectivity index (χ0) is 15.5. The summed E-state index contributed by atoms with van der Waals surface area (Å²) in [6.07, 6.45) is 5.99. The summed E-state index contributed by atoms with van der Waals surface area (Å²) in [5.41, 5.74) is 0.437. The fraction of sp³-hybridized carbons (Fsp3) is 0.500. The van der Waals surface area contributed by atoms with Crippen LogP contribution in [0.5, 0.6) is 0 Å². The lowest BCUT2D eigenvalue weighted by Crippen LogP contribution is -2.15. The Bertz CT molecular complexity index is 688. The molecule has 0 radical (unpaired) electrons. The summed E-state index contributed by atoms with van der Waals surface area (Å²) in [6, 6.07) is 0.174. The average Bonchev–Trinajstić information content (AvgIpc) is 3.04. The molecule has 116 valence electrons. The Kier molecular flexibility index (Phi) is 4.63. The van der Waals surface area contributed by atoms with Crippen molar-refractivity contribution in [2.45, 2.75) is 31.3 Å².